The Hall–Kier alpha value is -5.50. The Morgan fingerprint density at radius 1 is 0.524 bits per heavy atom. The maximum atomic E-state index is 5.59. The number of methoxy groups -OCH3 is 4. The number of aromatic amines is 1. The van der Waals surface area contributed by atoms with Gasteiger partial charge in [-0.05, 0) is 97.1 Å². The van der Waals surface area contributed by atoms with Gasteiger partial charge in [-0.15, -0.1) is 0 Å². The van der Waals surface area contributed by atoms with Crippen molar-refractivity contribution in [3.63, 3.8) is 0 Å². The van der Waals surface area contributed by atoms with E-state index in [0.29, 0.717) is 10.7 Å². The Balaban J connectivity index is 1.69. The summed E-state index contributed by atoms with van der Waals surface area (Å²) in [7, 11) is 6.63. The van der Waals surface area contributed by atoms with Crippen LogP contribution >= 0.6 is 0 Å². The molecule has 0 spiro atoms. The van der Waals surface area contributed by atoms with Gasteiger partial charge in [-0.1, -0.05) is 0 Å². The van der Waals surface area contributed by atoms with Gasteiger partial charge in [-0.2, -0.15) is 0 Å². The summed E-state index contributed by atoms with van der Waals surface area (Å²) in [6, 6.07) is 33.3. The van der Waals surface area contributed by atoms with E-state index in [1.54, 1.807) is 28.4 Å². The molecule has 0 radical (unpaired) electrons. The molecule has 4 aromatic carbocycles. The van der Waals surface area contributed by atoms with E-state index in [-0.39, 0.29) is 0 Å². The van der Waals surface area contributed by atoms with Gasteiger partial charge in [0.2, 0.25) is 0 Å². The molecule has 1 aliphatic carbocycles. The lowest BCUT2D eigenvalue weighted by molar-refractivity contribution is 0.414. The number of ether oxygens (including phenoxy) is 4. The molecule has 0 unspecified atom stereocenters. The number of aromatic nitrogens is 2. The largest absolute Gasteiger partial charge is 0.497 e. The Kier molecular flexibility index (Phi) is 7.34. The first-order chi connectivity index (χ1) is 20.6. The van der Waals surface area contributed by atoms with Crippen molar-refractivity contribution in [1.29, 1.82) is 0 Å². The monoisotopic (exact) mass is 558 g/mol. The highest BCUT2D eigenvalue weighted by Gasteiger charge is 2.15. The van der Waals surface area contributed by atoms with E-state index >= 15 is 0 Å². The summed E-state index contributed by atoms with van der Waals surface area (Å²) >= 11 is 0. The maximum absolute atomic E-state index is 5.59. The number of benzene rings is 5. The Morgan fingerprint density at radius 2 is 1.00 bits per heavy atom. The minimum absolute atomic E-state index is 0.710. The lowest BCUT2D eigenvalue weighted by Gasteiger charge is -2.20. The summed E-state index contributed by atoms with van der Waals surface area (Å²) in [5, 5.41) is 1.43. The maximum Gasteiger partial charge on any atom is 0.121 e. The molecule has 210 valence electrons. The van der Waals surface area contributed by atoms with Crippen molar-refractivity contribution >= 4 is 22.4 Å². The first-order valence-corrected chi connectivity index (χ1v) is 13.4. The third-order valence-corrected chi connectivity index (χ3v) is 7.02. The highest BCUT2D eigenvalue weighted by Crippen LogP contribution is 2.31. The molecule has 0 fully saturated rings. The molecule has 0 bridgehead atoms. The topological polar surface area (TPSA) is 82.4 Å². The minimum atomic E-state index is 0.710. The fourth-order valence-electron chi connectivity index (χ4n) is 4.84. The summed E-state index contributed by atoms with van der Waals surface area (Å²) in [5.41, 5.74) is 6.23. The van der Waals surface area contributed by atoms with Crippen LogP contribution in [-0.4, -0.2) is 38.0 Å². The van der Waals surface area contributed by atoms with Crippen LogP contribution in [0, 0.1) is 0 Å². The van der Waals surface area contributed by atoms with Crippen LogP contribution in [0.15, 0.2) is 113 Å². The molecular weight excluding hydrogens is 528 g/mol. The molecule has 0 atom stereocenters. The summed E-state index contributed by atoms with van der Waals surface area (Å²) in [6.45, 7) is 0. The summed E-state index contributed by atoms with van der Waals surface area (Å²) in [5.74, 6) is 3.07. The van der Waals surface area contributed by atoms with Gasteiger partial charge in [0.05, 0.1) is 72.9 Å². The molecule has 6 rings (SSSR count). The van der Waals surface area contributed by atoms with E-state index in [1.807, 2.05) is 97.1 Å². The van der Waals surface area contributed by atoms with Crippen LogP contribution in [0.25, 0.3) is 28.1 Å². The van der Waals surface area contributed by atoms with Crippen LogP contribution in [-0.2, 0) is 0 Å². The number of fused-ring (bicyclic) bond motifs is 2. The van der Waals surface area contributed by atoms with E-state index in [2.05, 4.69) is 15.6 Å². The fourth-order valence-corrected chi connectivity index (χ4v) is 4.84. The number of rotatable bonds is 7. The predicted octanol–water partition coefficient (Wildman–Crippen LogP) is 6.56. The average Bonchev–Trinajstić information content (AvgIpc) is 3.04. The summed E-state index contributed by atoms with van der Waals surface area (Å²) in [4.78, 5) is 13.6. The van der Waals surface area contributed by atoms with Gasteiger partial charge in [0, 0.05) is 11.8 Å². The van der Waals surface area contributed by atoms with E-state index in [9.17, 15) is 0 Å². The quantitative estimate of drug-likeness (QED) is 0.225. The number of hydrogen-bond acceptors (Lipinski definition) is 6. The molecule has 42 heavy (non-hydrogen) atoms. The van der Waals surface area contributed by atoms with E-state index in [0.717, 1.165) is 62.5 Å². The second-order valence-corrected chi connectivity index (χ2v) is 9.52. The van der Waals surface area contributed by atoms with Crippen molar-refractivity contribution in [2.45, 2.75) is 0 Å². The van der Waals surface area contributed by atoms with E-state index in [1.165, 1.54) is 0 Å². The van der Waals surface area contributed by atoms with Gasteiger partial charge in [-0.25, -0.2) is 9.98 Å². The van der Waals surface area contributed by atoms with E-state index in [4.69, 9.17) is 28.9 Å². The van der Waals surface area contributed by atoms with Gasteiger partial charge in [0.15, 0.2) is 0 Å². The van der Waals surface area contributed by atoms with Crippen molar-refractivity contribution in [3.05, 3.63) is 114 Å². The van der Waals surface area contributed by atoms with Crippen molar-refractivity contribution in [3.8, 4) is 40.1 Å². The molecule has 2 aliphatic rings. The van der Waals surface area contributed by atoms with Gasteiger partial charge < -0.3 is 28.5 Å². The van der Waals surface area contributed by atoms with Crippen LogP contribution in [0.1, 0.15) is 0 Å². The lowest BCUT2D eigenvalue weighted by Crippen LogP contribution is -2.27. The highest BCUT2D eigenvalue weighted by molar-refractivity contribution is 5.84. The van der Waals surface area contributed by atoms with Gasteiger partial charge in [0.25, 0.3) is 0 Å². The zero-order chi connectivity index (χ0) is 29.1. The summed E-state index contributed by atoms with van der Waals surface area (Å²) in [6.07, 6.45) is 0. The molecule has 0 aromatic heterocycles. The summed E-state index contributed by atoms with van der Waals surface area (Å²) < 4.78 is 23.9. The van der Waals surface area contributed by atoms with Gasteiger partial charge in [0.1, 0.15) is 23.0 Å². The second kappa shape index (κ2) is 11.5. The van der Waals surface area contributed by atoms with Crippen LogP contribution in [0.5, 0.6) is 23.0 Å². The zero-order valence-corrected chi connectivity index (χ0v) is 23.8. The SMILES string of the molecule is COc1ccc(N=c2cc3[nH]c4ccc(OC)cc4n(-c4ccc(OC)cc4)c-3cc2=Nc2ccc(OC)cc2)cc1. The number of H-pyrrole nitrogens is 1. The molecule has 0 amide bonds. The fraction of sp³-hybridized carbons (Fsp3) is 0.118. The number of nitrogens with zero attached hydrogens (tertiary/aromatic N) is 3. The Labute approximate surface area is 243 Å². The Morgan fingerprint density at radius 3 is 1.52 bits per heavy atom. The third-order valence-electron chi connectivity index (χ3n) is 7.02. The van der Waals surface area contributed by atoms with Crippen LogP contribution in [0.4, 0.5) is 11.4 Å². The van der Waals surface area contributed by atoms with E-state index < -0.39 is 0 Å². The van der Waals surface area contributed by atoms with Crippen molar-refractivity contribution in [1.82, 2.24) is 9.55 Å². The third kappa shape index (κ3) is 5.30. The van der Waals surface area contributed by atoms with Crippen molar-refractivity contribution < 1.29 is 18.9 Å². The molecule has 1 heterocycles. The number of nitrogens with one attached hydrogen (secondary N) is 1. The normalized spacial score (nSPS) is 12.1. The minimum Gasteiger partial charge on any atom is -0.497 e. The van der Waals surface area contributed by atoms with Crippen molar-refractivity contribution in [2.24, 2.45) is 9.98 Å². The molecule has 1 aliphatic heterocycles. The predicted molar refractivity (Wildman–Crippen MR) is 164 cm³/mol. The molecular formula is C34H30N4O4. The molecule has 0 saturated heterocycles. The standard InChI is InChI=1S/C34H30N4O4/c1-39-25-11-5-22(6-12-25)35-30-20-32-34(21-31(30)36-23-7-13-26(40-2)14-8-23)38(24-9-15-27(41-3)16-10-24)33-19-28(42-4)17-18-29(33)37-32/h5-21,37H,1-4H3. The first-order valence-electron chi connectivity index (χ1n) is 13.4. The molecule has 0 saturated carbocycles. The Bertz CT molecular complexity index is 1960. The molecule has 1 N–H and O–H groups in total. The van der Waals surface area contributed by atoms with Gasteiger partial charge in [-0.3, -0.25) is 0 Å². The number of hydrogen-bond donors (Lipinski definition) is 1. The zero-order valence-electron chi connectivity index (χ0n) is 23.8. The van der Waals surface area contributed by atoms with Crippen LogP contribution in [0.2, 0.25) is 0 Å². The second-order valence-electron chi connectivity index (χ2n) is 9.52. The van der Waals surface area contributed by atoms with Crippen LogP contribution in [0.3, 0.4) is 0 Å². The first kappa shape index (κ1) is 26.7. The van der Waals surface area contributed by atoms with Crippen molar-refractivity contribution in [2.75, 3.05) is 28.4 Å². The average molecular weight is 559 g/mol. The van der Waals surface area contributed by atoms with Crippen LogP contribution < -0.4 is 29.7 Å². The lowest BCUT2D eigenvalue weighted by atomic mass is 10.1. The molecule has 8 heteroatoms. The highest BCUT2D eigenvalue weighted by atomic mass is 16.5. The molecule has 4 aromatic rings. The van der Waals surface area contributed by atoms with Gasteiger partial charge >= 0.3 is 0 Å². The smallest absolute Gasteiger partial charge is 0.121 e. The molecule has 8 nitrogen and oxygen atoms in total.